The molecule has 0 aliphatic carbocycles. The van der Waals surface area contributed by atoms with Crippen molar-refractivity contribution in [1.29, 1.82) is 0 Å². The molecule has 0 radical (unpaired) electrons. The van der Waals surface area contributed by atoms with Gasteiger partial charge in [-0.3, -0.25) is 9.59 Å². The van der Waals surface area contributed by atoms with Crippen LogP contribution in [-0.4, -0.2) is 32.1 Å². The topological polar surface area (TPSA) is 67.9 Å². The van der Waals surface area contributed by atoms with E-state index in [9.17, 15) is 9.59 Å². The first-order valence-corrected chi connectivity index (χ1v) is 9.79. The molecule has 2 aliphatic rings. The van der Waals surface area contributed by atoms with Gasteiger partial charge in [0.25, 0.3) is 5.91 Å². The molecule has 1 unspecified atom stereocenters. The number of hydrogen-bond donors (Lipinski definition) is 1. The number of para-hydroxylation sites is 1. The molecule has 2 amide bonds. The second-order valence-electron chi connectivity index (χ2n) is 7.18. The minimum atomic E-state index is -0.142. The van der Waals surface area contributed by atoms with Gasteiger partial charge in [-0.05, 0) is 48.7 Å². The average molecular weight is 392 g/mol. The van der Waals surface area contributed by atoms with Crippen molar-refractivity contribution < 1.29 is 19.1 Å². The number of amides is 2. The molecule has 2 aliphatic heterocycles. The zero-order valence-corrected chi connectivity index (χ0v) is 16.4. The number of carbonyl (C=O) groups is 2. The smallest absolute Gasteiger partial charge is 0.251 e. The maximum absolute atomic E-state index is 13.0. The number of hydrogen-bond acceptors (Lipinski definition) is 4. The highest BCUT2D eigenvalue weighted by molar-refractivity contribution is 6.02. The van der Waals surface area contributed by atoms with Gasteiger partial charge in [-0.2, -0.15) is 0 Å². The molecular weight excluding hydrogens is 368 g/mol. The van der Waals surface area contributed by atoms with Crippen molar-refractivity contribution in [3.8, 4) is 11.5 Å². The van der Waals surface area contributed by atoms with Crippen LogP contribution in [0.15, 0.2) is 49.1 Å². The Labute approximate surface area is 170 Å². The summed E-state index contributed by atoms with van der Waals surface area (Å²) >= 11 is 0. The molecular formula is C23H24N2O4. The van der Waals surface area contributed by atoms with Gasteiger partial charge in [0, 0.05) is 29.8 Å². The lowest BCUT2D eigenvalue weighted by atomic mass is 9.97. The minimum Gasteiger partial charge on any atom is -0.493 e. The fraction of sp³-hybridized carbons (Fsp3) is 0.304. The summed E-state index contributed by atoms with van der Waals surface area (Å²) in [5, 5.41) is 3.12. The van der Waals surface area contributed by atoms with Gasteiger partial charge in [-0.1, -0.05) is 18.7 Å². The molecule has 2 aromatic rings. The van der Waals surface area contributed by atoms with E-state index in [0.29, 0.717) is 36.6 Å². The Bertz CT molecular complexity index is 969. The fourth-order valence-corrected chi connectivity index (χ4v) is 4.03. The van der Waals surface area contributed by atoms with E-state index in [1.54, 1.807) is 18.1 Å². The van der Waals surface area contributed by atoms with Gasteiger partial charge < -0.3 is 19.7 Å². The highest BCUT2D eigenvalue weighted by Crippen LogP contribution is 2.39. The molecule has 2 heterocycles. The molecule has 2 aromatic carbocycles. The third-order valence-corrected chi connectivity index (χ3v) is 5.46. The number of ether oxygens (including phenoxy) is 2. The number of fused-ring (bicyclic) bond motifs is 2. The molecule has 0 bridgehead atoms. The summed E-state index contributed by atoms with van der Waals surface area (Å²) in [6.07, 6.45) is 3.73. The minimum absolute atomic E-state index is 0.115. The summed E-state index contributed by atoms with van der Waals surface area (Å²) in [5.41, 5.74) is 3.38. The van der Waals surface area contributed by atoms with E-state index in [2.05, 4.69) is 11.9 Å². The number of carbonyl (C=O) groups excluding carboxylic acids is 2. The van der Waals surface area contributed by atoms with Crippen LogP contribution >= 0.6 is 0 Å². The Kier molecular flexibility index (Phi) is 5.25. The second kappa shape index (κ2) is 7.99. The zero-order chi connectivity index (χ0) is 20.4. The predicted octanol–water partition coefficient (Wildman–Crippen LogP) is 3.41. The lowest BCUT2D eigenvalue weighted by Crippen LogP contribution is -2.35. The van der Waals surface area contributed by atoms with E-state index in [4.69, 9.17) is 9.47 Å². The number of nitrogens with zero attached hydrogens (tertiary/aromatic N) is 1. The standard InChI is InChI=1S/C23H24N2O4/c1-3-21(26)25-12-5-6-15-14-16(9-10-19(15)25)23(27)24-18-11-13-29-22-17(18)7-4-8-20(22)28-2/h3-4,7-10,14,18H,1,5-6,11-13H2,2H3,(H,24,27). The molecule has 0 saturated heterocycles. The molecule has 6 nitrogen and oxygen atoms in total. The van der Waals surface area contributed by atoms with Crippen LogP contribution in [0.4, 0.5) is 5.69 Å². The molecule has 150 valence electrons. The van der Waals surface area contributed by atoms with Crippen molar-refractivity contribution in [2.24, 2.45) is 0 Å². The third-order valence-electron chi connectivity index (χ3n) is 5.46. The monoisotopic (exact) mass is 392 g/mol. The van der Waals surface area contributed by atoms with Crippen LogP contribution in [0.25, 0.3) is 0 Å². The molecule has 0 fully saturated rings. The molecule has 1 N–H and O–H groups in total. The summed E-state index contributed by atoms with van der Waals surface area (Å²) in [5.74, 6) is 1.11. The first-order chi connectivity index (χ1) is 14.1. The number of aryl methyl sites for hydroxylation is 1. The van der Waals surface area contributed by atoms with E-state index in [1.807, 2.05) is 30.3 Å². The largest absolute Gasteiger partial charge is 0.493 e. The average Bonchev–Trinajstić information content (AvgIpc) is 2.77. The van der Waals surface area contributed by atoms with E-state index in [1.165, 1.54) is 6.08 Å². The van der Waals surface area contributed by atoms with Crippen molar-refractivity contribution in [1.82, 2.24) is 5.32 Å². The number of anilines is 1. The highest BCUT2D eigenvalue weighted by atomic mass is 16.5. The maximum Gasteiger partial charge on any atom is 0.251 e. The summed E-state index contributed by atoms with van der Waals surface area (Å²) in [6, 6.07) is 11.1. The maximum atomic E-state index is 13.0. The van der Waals surface area contributed by atoms with Crippen molar-refractivity contribution in [2.45, 2.75) is 25.3 Å². The van der Waals surface area contributed by atoms with Gasteiger partial charge in [0.1, 0.15) is 0 Å². The summed E-state index contributed by atoms with van der Waals surface area (Å²) < 4.78 is 11.1. The van der Waals surface area contributed by atoms with E-state index >= 15 is 0 Å². The quantitative estimate of drug-likeness (QED) is 0.810. The first kappa shape index (κ1) is 19.1. The van der Waals surface area contributed by atoms with E-state index in [0.717, 1.165) is 29.7 Å². The van der Waals surface area contributed by atoms with Gasteiger partial charge >= 0.3 is 0 Å². The summed E-state index contributed by atoms with van der Waals surface area (Å²) in [4.78, 5) is 26.8. The molecule has 29 heavy (non-hydrogen) atoms. The predicted molar refractivity (Wildman–Crippen MR) is 111 cm³/mol. The first-order valence-electron chi connectivity index (χ1n) is 9.79. The summed E-state index contributed by atoms with van der Waals surface area (Å²) in [6.45, 7) is 4.76. The van der Waals surface area contributed by atoms with Gasteiger partial charge in [0.05, 0.1) is 19.8 Å². The Morgan fingerprint density at radius 1 is 1.31 bits per heavy atom. The van der Waals surface area contributed by atoms with Gasteiger partial charge in [0.2, 0.25) is 5.91 Å². The number of nitrogens with one attached hydrogen (secondary N) is 1. The molecule has 0 aromatic heterocycles. The Morgan fingerprint density at radius 2 is 2.17 bits per heavy atom. The van der Waals surface area contributed by atoms with Crippen LogP contribution in [0.2, 0.25) is 0 Å². The van der Waals surface area contributed by atoms with Crippen molar-refractivity contribution in [3.63, 3.8) is 0 Å². The van der Waals surface area contributed by atoms with E-state index in [-0.39, 0.29) is 17.9 Å². The van der Waals surface area contributed by atoms with Crippen LogP contribution in [0.1, 0.15) is 40.4 Å². The molecule has 6 heteroatoms. The SMILES string of the molecule is C=CC(=O)N1CCCc2cc(C(=O)NC3CCOc4c(OC)cccc43)ccc21. The Balaban J connectivity index is 1.56. The highest BCUT2D eigenvalue weighted by Gasteiger charge is 2.27. The number of benzene rings is 2. The Hall–Kier alpha value is -3.28. The lowest BCUT2D eigenvalue weighted by molar-refractivity contribution is -0.114. The lowest BCUT2D eigenvalue weighted by Gasteiger charge is -2.29. The number of rotatable bonds is 4. The normalized spacial score (nSPS) is 17.4. The Morgan fingerprint density at radius 3 is 2.97 bits per heavy atom. The van der Waals surface area contributed by atoms with Crippen molar-refractivity contribution in [2.75, 3.05) is 25.2 Å². The molecule has 0 spiro atoms. The van der Waals surface area contributed by atoms with Gasteiger partial charge in [-0.15, -0.1) is 0 Å². The third kappa shape index (κ3) is 3.58. The summed E-state index contributed by atoms with van der Waals surface area (Å²) in [7, 11) is 1.61. The van der Waals surface area contributed by atoms with Crippen LogP contribution in [0.5, 0.6) is 11.5 Å². The fourth-order valence-electron chi connectivity index (χ4n) is 4.03. The molecule has 0 saturated carbocycles. The van der Waals surface area contributed by atoms with Gasteiger partial charge in [-0.25, -0.2) is 0 Å². The van der Waals surface area contributed by atoms with Crippen molar-refractivity contribution in [3.05, 3.63) is 65.7 Å². The molecule has 4 rings (SSSR count). The van der Waals surface area contributed by atoms with Crippen molar-refractivity contribution >= 4 is 17.5 Å². The van der Waals surface area contributed by atoms with E-state index < -0.39 is 0 Å². The van der Waals surface area contributed by atoms with Crippen LogP contribution in [-0.2, 0) is 11.2 Å². The van der Waals surface area contributed by atoms with Gasteiger partial charge in [0.15, 0.2) is 11.5 Å². The zero-order valence-electron chi connectivity index (χ0n) is 16.4. The van der Waals surface area contributed by atoms with Crippen LogP contribution in [0.3, 0.4) is 0 Å². The van der Waals surface area contributed by atoms with Crippen LogP contribution < -0.4 is 19.7 Å². The molecule has 1 atom stereocenters. The van der Waals surface area contributed by atoms with Crippen LogP contribution in [0, 0.1) is 0 Å². The number of methoxy groups -OCH3 is 1. The second-order valence-corrected chi connectivity index (χ2v) is 7.18.